The van der Waals surface area contributed by atoms with Crippen LogP contribution in [0.4, 0.5) is 0 Å². The van der Waals surface area contributed by atoms with E-state index in [4.69, 9.17) is 27.9 Å². The van der Waals surface area contributed by atoms with Gasteiger partial charge in [0.1, 0.15) is 5.75 Å². The first kappa shape index (κ1) is 14.2. The molecule has 1 unspecified atom stereocenters. The van der Waals surface area contributed by atoms with Gasteiger partial charge in [-0.1, -0.05) is 51.3 Å². The van der Waals surface area contributed by atoms with Crippen molar-refractivity contribution < 1.29 is 4.74 Å². The molecule has 2 aromatic rings. The molecule has 1 aromatic carbocycles. The van der Waals surface area contributed by atoms with Crippen molar-refractivity contribution in [1.82, 2.24) is 0 Å². The van der Waals surface area contributed by atoms with Crippen LogP contribution in [-0.4, -0.2) is 7.11 Å². The van der Waals surface area contributed by atoms with E-state index in [1.807, 2.05) is 18.2 Å². The first-order valence-corrected chi connectivity index (χ1v) is 7.80. The quantitative estimate of drug-likeness (QED) is 0.627. The van der Waals surface area contributed by atoms with E-state index in [9.17, 15) is 0 Å². The first-order valence-electron chi connectivity index (χ1n) is 5.32. The normalized spacial score (nSPS) is 12.4. The fourth-order valence-corrected chi connectivity index (χ4v) is 4.24. The molecule has 0 radical (unpaired) electrons. The zero-order valence-corrected chi connectivity index (χ0v) is 13.5. The van der Waals surface area contributed by atoms with Gasteiger partial charge in [-0.2, -0.15) is 0 Å². The summed E-state index contributed by atoms with van der Waals surface area (Å²) in [5.74, 6) is 0.862. The third kappa shape index (κ3) is 3.41. The van der Waals surface area contributed by atoms with Crippen LogP contribution in [0.15, 0.2) is 30.3 Å². The van der Waals surface area contributed by atoms with Gasteiger partial charge in [0.05, 0.1) is 15.8 Å². The minimum Gasteiger partial charge on any atom is -0.497 e. The molecule has 0 amide bonds. The van der Waals surface area contributed by atoms with Crippen molar-refractivity contribution in [3.05, 3.63) is 50.1 Å². The molecule has 1 atom stereocenters. The second kappa shape index (κ2) is 6.29. The Morgan fingerprint density at radius 2 is 1.94 bits per heavy atom. The summed E-state index contributed by atoms with van der Waals surface area (Å²) in [5, 5.41) is 0. The largest absolute Gasteiger partial charge is 0.497 e. The van der Waals surface area contributed by atoms with E-state index in [0.29, 0.717) is 4.34 Å². The van der Waals surface area contributed by atoms with Gasteiger partial charge < -0.3 is 4.74 Å². The predicted molar refractivity (Wildman–Crippen MR) is 82.7 cm³/mol. The van der Waals surface area contributed by atoms with Gasteiger partial charge in [0.15, 0.2) is 0 Å². The highest BCUT2D eigenvalue weighted by atomic mass is 79.9. The average molecular weight is 366 g/mol. The summed E-state index contributed by atoms with van der Waals surface area (Å²) in [6.45, 7) is 0. The van der Waals surface area contributed by atoms with Gasteiger partial charge in [-0.15, -0.1) is 11.3 Å². The molecule has 5 heteroatoms. The van der Waals surface area contributed by atoms with E-state index in [-0.39, 0.29) is 4.83 Å². The van der Waals surface area contributed by atoms with Crippen molar-refractivity contribution >= 4 is 50.5 Å². The molecule has 96 valence electrons. The molecule has 0 N–H and O–H groups in total. The summed E-state index contributed by atoms with van der Waals surface area (Å²) in [6.07, 6.45) is 0.858. The number of benzene rings is 1. The highest BCUT2D eigenvalue weighted by Gasteiger charge is 2.15. The van der Waals surface area contributed by atoms with Gasteiger partial charge >= 0.3 is 0 Å². The Labute approximate surface area is 129 Å². The van der Waals surface area contributed by atoms with E-state index >= 15 is 0 Å². The highest BCUT2D eigenvalue weighted by molar-refractivity contribution is 9.09. The summed E-state index contributed by atoms with van der Waals surface area (Å²) in [7, 11) is 1.66. The fourth-order valence-electron chi connectivity index (χ4n) is 1.65. The van der Waals surface area contributed by atoms with E-state index in [1.165, 1.54) is 16.9 Å². The van der Waals surface area contributed by atoms with Gasteiger partial charge in [0.2, 0.25) is 0 Å². The van der Waals surface area contributed by atoms with Gasteiger partial charge in [-0.3, -0.25) is 0 Å². The minimum absolute atomic E-state index is 0.169. The Hall–Kier alpha value is -0.220. The molecular formula is C13H11BrCl2OS. The number of halogens is 3. The van der Waals surface area contributed by atoms with Gasteiger partial charge in [0.25, 0.3) is 0 Å². The monoisotopic (exact) mass is 364 g/mol. The van der Waals surface area contributed by atoms with Crippen molar-refractivity contribution in [2.24, 2.45) is 0 Å². The number of thiophene rings is 1. The average Bonchev–Trinajstić information content (AvgIpc) is 2.69. The Morgan fingerprint density at radius 1 is 1.28 bits per heavy atom. The lowest BCUT2D eigenvalue weighted by atomic mass is 10.1. The van der Waals surface area contributed by atoms with Gasteiger partial charge in [0, 0.05) is 4.83 Å². The van der Waals surface area contributed by atoms with Crippen LogP contribution in [0.25, 0.3) is 0 Å². The number of methoxy groups -OCH3 is 1. The molecule has 0 fully saturated rings. The molecule has 0 aliphatic heterocycles. The second-order valence-electron chi connectivity index (χ2n) is 3.80. The smallest absolute Gasteiger partial charge is 0.118 e. The van der Waals surface area contributed by atoms with Crippen molar-refractivity contribution in [2.45, 2.75) is 11.2 Å². The standard InChI is InChI=1S/C13H11BrCl2OS/c1-17-9-4-2-8(3-5-9)6-11(14)10-7-12(15)18-13(10)16/h2-5,7,11H,6H2,1H3. The van der Waals surface area contributed by atoms with Crippen LogP contribution >= 0.6 is 50.5 Å². The molecule has 0 saturated heterocycles. The van der Waals surface area contributed by atoms with Crippen LogP contribution < -0.4 is 4.74 Å². The van der Waals surface area contributed by atoms with Crippen LogP contribution in [0, 0.1) is 0 Å². The lowest BCUT2D eigenvalue weighted by Crippen LogP contribution is -1.94. The van der Waals surface area contributed by atoms with Crippen molar-refractivity contribution in [1.29, 1.82) is 0 Å². The van der Waals surface area contributed by atoms with E-state index in [2.05, 4.69) is 28.1 Å². The van der Waals surface area contributed by atoms with E-state index in [1.54, 1.807) is 7.11 Å². The van der Waals surface area contributed by atoms with Crippen LogP contribution in [0.3, 0.4) is 0 Å². The minimum atomic E-state index is 0.169. The molecular weight excluding hydrogens is 355 g/mol. The Balaban J connectivity index is 2.10. The molecule has 1 heterocycles. The molecule has 0 spiro atoms. The van der Waals surface area contributed by atoms with Crippen LogP contribution in [0.5, 0.6) is 5.75 Å². The number of hydrogen-bond donors (Lipinski definition) is 0. The maximum Gasteiger partial charge on any atom is 0.118 e. The molecule has 1 nitrogen and oxygen atoms in total. The molecule has 18 heavy (non-hydrogen) atoms. The van der Waals surface area contributed by atoms with Crippen LogP contribution in [0.1, 0.15) is 16.0 Å². The number of ether oxygens (including phenoxy) is 1. The zero-order valence-electron chi connectivity index (χ0n) is 9.62. The maximum atomic E-state index is 6.14. The Bertz CT molecular complexity index is 524. The molecule has 1 aromatic heterocycles. The summed E-state index contributed by atoms with van der Waals surface area (Å²) >= 11 is 17.1. The van der Waals surface area contributed by atoms with Crippen LogP contribution in [0.2, 0.25) is 8.67 Å². The Kier molecular flexibility index (Phi) is 4.96. The summed E-state index contributed by atoms with van der Waals surface area (Å²) < 4.78 is 6.60. The lowest BCUT2D eigenvalue weighted by molar-refractivity contribution is 0.414. The van der Waals surface area contributed by atoms with Crippen molar-refractivity contribution in [2.75, 3.05) is 7.11 Å². The highest BCUT2D eigenvalue weighted by Crippen LogP contribution is 2.39. The molecule has 0 aliphatic carbocycles. The molecule has 0 aliphatic rings. The summed E-state index contributed by atoms with van der Waals surface area (Å²) in [4.78, 5) is 0.169. The third-order valence-corrected chi connectivity index (χ3v) is 4.93. The Morgan fingerprint density at radius 3 is 2.44 bits per heavy atom. The van der Waals surface area contributed by atoms with Crippen LogP contribution in [-0.2, 0) is 6.42 Å². The number of hydrogen-bond acceptors (Lipinski definition) is 2. The van der Waals surface area contributed by atoms with E-state index in [0.717, 1.165) is 22.1 Å². The molecule has 0 saturated carbocycles. The fraction of sp³-hybridized carbons (Fsp3) is 0.231. The van der Waals surface area contributed by atoms with E-state index < -0.39 is 0 Å². The zero-order chi connectivity index (χ0) is 13.1. The SMILES string of the molecule is COc1ccc(CC(Br)c2cc(Cl)sc2Cl)cc1. The third-order valence-electron chi connectivity index (χ3n) is 2.59. The predicted octanol–water partition coefficient (Wildman–Crippen LogP) is 5.74. The lowest BCUT2D eigenvalue weighted by Gasteiger charge is -2.09. The topological polar surface area (TPSA) is 9.23 Å². The van der Waals surface area contributed by atoms with Gasteiger partial charge in [-0.05, 0) is 35.7 Å². The second-order valence-corrected chi connectivity index (χ2v) is 7.19. The molecule has 2 rings (SSSR count). The van der Waals surface area contributed by atoms with Crippen molar-refractivity contribution in [3.63, 3.8) is 0 Å². The number of rotatable bonds is 4. The first-order chi connectivity index (χ1) is 8.60. The van der Waals surface area contributed by atoms with Crippen molar-refractivity contribution in [3.8, 4) is 5.75 Å². The maximum absolute atomic E-state index is 6.14. The molecule has 0 bridgehead atoms. The summed E-state index contributed by atoms with van der Waals surface area (Å²) in [5.41, 5.74) is 2.26. The number of alkyl halides is 1. The summed E-state index contributed by atoms with van der Waals surface area (Å²) in [6, 6.07) is 9.93. The van der Waals surface area contributed by atoms with Gasteiger partial charge in [-0.25, -0.2) is 0 Å².